The molecule has 0 fully saturated rings. The highest BCUT2D eigenvalue weighted by Crippen LogP contribution is 2.02. The fourth-order valence-corrected chi connectivity index (χ4v) is 3.21. The van der Waals surface area contributed by atoms with E-state index in [1.165, 1.54) is 18.7 Å². The maximum Gasteiger partial charge on any atom is 0.326 e. The molecule has 0 aliphatic carbocycles. The molecule has 0 aromatic carbocycles. The predicted molar refractivity (Wildman–Crippen MR) is 79.2 cm³/mol. The maximum absolute atomic E-state index is 11.8. The molecule has 0 aromatic rings. The molecule has 0 aliphatic rings. The van der Waals surface area contributed by atoms with E-state index < -0.39 is 34.0 Å². The monoisotopic (exact) mass is 326 g/mol. The van der Waals surface area contributed by atoms with Gasteiger partial charge in [-0.2, -0.15) is 11.8 Å². The number of aliphatic carboxylic acids is 1. The van der Waals surface area contributed by atoms with Gasteiger partial charge in [-0.1, -0.05) is 6.92 Å². The van der Waals surface area contributed by atoms with Crippen molar-refractivity contribution in [3.8, 4) is 0 Å². The van der Waals surface area contributed by atoms with Crippen LogP contribution < -0.4 is 10.0 Å². The minimum absolute atomic E-state index is 0.0700. The van der Waals surface area contributed by atoms with E-state index in [4.69, 9.17) is 5.11 Å². The number of carboxylic acids is 1. The van der Waals surface area contributed by atoms with Crippen molar-refractivity contribution in [2.45, 2.75) is 38.8 Å². The van der Waals surface area contributed by atoms with E-state index in [0.29, 0.717) is 12.2 Å². The molecule has 0 heterocycles. The Hall–Kier alpha value is -0.800. The summed E-state index contributed by atoms with van der Waals surface area (Å²) in [5, 5.41) is 11.3. The van der Waals surface area contributed by atoms with Crippen LogP contribution in [0.15, 0.2) is 0 Å². The summed E-state index contributed by atoms with van der Waals surface area (Å²) >= 11 is 1.47. The smallest absolute Gasteiger partial charge is 0.326 e. The zero-order valence-electron chi connectivity index (χ0n) is 11.9. The molecule has 0 aliphatic heterocycles. The maximum atomic E-state index is 11.8. The number of hydrogen-bond donors (Lipinski definition) is 3. The fraction of sp³-hybridized carbons (Fsp3) is 0.818. The lowest BCUT2D eigenvalue weighted by atomic mass is 10.2. The van der Waals surface area contributed by atoms with Crippen LogP contribution in [0.3, 0.4) is 0 Å². The van der Waals surface area contributed by atoms with Gasteiger partial charge in [-0.15, -0.1) is 0 Å². The lowest BCUT2D eigenvalue weighted by Gasteiger charge is -2.18. The molecule has 1 amide bonds. The van der Waals surface area contributed by atoms with Crippen molar-refractivity contribution in [2.24, 2.45) is 0 Å². The summed E-state index contributed by atoms with van der Waals surface area (Å²) < 4.78 is 25.3. The average Bonchev–Trinajstić information content (AvgIpc) is 2.32. The van der Waals surface area contributed by atoms with Crippen molar-refractivity contribution >= 4 is 33.7 Å². The van der Waals surface area contributed by atoms with Crippen molar-refractivity contribution in [1.29, 1.82) is 0 Å². The van der Waals surface area contributed by atoms with Gasteiger partial charge in [0.05, 0.1) is 11.8 Å². The van der Waals surface area contributed by atoms with E-state index in [0.717, 1.165) is 0 Å². The van der Waals surface area contributed by atoms with Crippen LogP contribution in [0.1, 0.15) is 26.7 Å². The van der Waals surface area contributed by atoms with Gasteiger partial charge in [0.25, 0.3) is 0 Å². The third-order valence-corrected chi connectivity index (χ3v) is 4.75. The summed E-state index contributed by atoms with van der Waals surface area (Å²) in [6.45, 7) is 3.10. The number of carbonyl (C=O) groups excluding carboxylic acids is 1. The predicted octanol–water partition coefficient (Wildman–Crippen LogP) is 0.0268. The molecule has 0 rings (SSSR count). The normalized spacial score (nSPS) is 14.6. The van der Waals surface area contributed by atoms with Crippen molar-refractivity contribution in [3.05, 3.63) is 0 Å². The molecule has 118 valence electrons. The standard InChI is InChI=1S/C11H22N2O5S2/c1-4-7-20(17,18)13-8(2)10(14)12-9(11(15)16)5-6-19-3/h8-9,13H,4-7H2,1-3H3,(H,12,14)(H,15,16). The SMILES string of the molecule is CCCS(=O)(=O)NC(C)C(=O)NC(CCSC)C(=O)O. The molecule has 0 bridgehead atoms. The van der Waals surface area contributed by atoms with Crippen LogP contribution in [0.25, 0.3) is 0 Å². The van der Waals surface area contributed by atoms with Crippen LogP contribution in [0, 0.1) is 0 Å². The second-order valence-electron chi connectivity index (χ2n) is 4.34. The first-order valence-electron chi connectivity index (χ1n) is 6.25. The third-order valence-electron chi connectivity index (χ3n) is 2.45. The van der Waals surface area contributed by atoms with Gasteiger partial charge in [0, 0.05) is 0 Å². The van der Waals surface area contributed by atoms with Gasteiger partial charge in [-0.05, 0) is 31.8 Å². The lowest BCUT2D eigenvalue weighted by molar-refractivity contribution is -0.142. The van der Waals surface area contributed by atoms with Crippen LogP contribution in [0.2, 0.25) is 0 Å². The van der Waals surface area contributed by atoms with Crippen LogP contribution in [-0.4, -0.2) is 55.2 Å². The molecule has 2 atom stereocenters. The quantitative estimate of drug-likeness (QED) is 0.522. The number of nitrogens with one attached hydrogen (secondary N) is 2. The van der Waals surface area contributed by atoms with Crippen molar-refractivity contribution < 1.29 is 23.1 Å². The Morgan fingerprint density at radius 1 is 1.35 bits per heavy atom. The highest BCUT2D eigenvalue weighted by molar-refractivity contribution is 7.98. The summed E-state index contributed by atoms with van der Waals surface area (Å²) in [7, 11) is -3.51. The first kappa shape index (κ1) is 19.2. The van der Waals surface area contributed by atoms with Gasteiger partial charge in [0.2, 0.25) is 15.9 Å². The van der Waals surface area contributed by atoms with E-state index in [1.54, 1.807) is 6.92 Å². The molecule has 0 saturated carbocycles. The van der Waals surface area contributed by atoms with Crippen LogP contribution in [-0.2, 0) is 19.6 Å². The number of sulfonamides is 1. The second-order valence-corrected chi connectivity index (χ2v) is 7.20. The number of carboxylic acid groups (broad SMARTS) is 1. The zero-order chi connectivity index (χ0) is 15.8. The minimum atomic E-state index is -3.51. The van der Waals surface area contributed by atoms with Gasteiger partial charge >= 0.3 is 5.97 Å². The average molecular weight is 326 g/mol. The van der Waals surface area contributed by atoms with Gasteiger partial charge in [-0.3, -0.25) is 4.79 Å². The van der Waals surface area contributed by atoms with Gasteiger partial charge in [-0.25, -0.2) is 17.9 Å². The van der Waals surface area contributed by atoms with E-state index in [-0.39, 0.29) is 12.2 Å². The van der Waals surface area contributed by atoms with Crippen molar-refractivity contribution in [1.82, 2.24) is 10.0 Å². The number of carbonyl (C=O) groups is 2. The van der Waals surface area contributed by atoms with E-state index in [1.807, 2.05) is 6.26 Å². The largest absolute Gasteiger partial charge is 0.480 e. The zero-order valence-corrected chi connectivity index (χ0v) is 13.5. The summed E-state index contributed by atoms with van der Waals surface area (Å²) in [6.07, 6.45) is 2.56. The summed E-state index contributed by atoms with van der Waals surface area (Å²) in [5.74, 6) is -1.25. The molecule has 0 radical (unpaired) electrons. The Labute approximate surface area is 123 Å². The molecule has 9 heteroatoms. The number of hydrogen-bond acceptors (Lipinski definition) is 5. The molecule has 2 unspecified atom stereocenters. The number of thioether (sulfide) groups is 1. The van der Waals surface area contributed by atoms with Crippen molar-refractivity contribution in [2.75, 3.05) is 17.8 Å². The Balaban J connectivity index is 4.53. The van der Waals surface area contributed by atoms with Gasteiger partial charge < -0.3 is 10.4 Å². The Morgan fingerprint density at radius 3 is 2.40 bits per heavy atom. The lowest BCUT2D eigenvalue weighted by Crippen LogP contribution is -2.50. The fourth-order valence-electron chi connectivity index (χ4n) is 1.44. The van der Waals surface area contributed by atoms with Gasteiger partial charge in [0.1, 0.15) is 6.04 Å². The topological polar surface area (TPSA) is 113 Å². The Bertz CT molecular complexity index is 425. The summed E-state index contributed by atoms with van der Waals surface area (Å²) in [6, 6.07) is -2.00. The molecular formula is C11H22N2O5S2. The molecule has 0 saturated heterocycles. The first-order valence-corrected chi connectivity index (χ1v) is 9.30. The minimum Gasteiger partial charge on any atom is -0.480 e. The Morgan fingerprint density at radius 2 is 1.95 bits per heavy atom. The summed E-state index contributed by atoms with van der Waals surface area (Å²) in [4.78, 5) is 22.8. The first-order chi connectivity index (χ1) is 9.23. The number of rotatable bonds is 10. The molecular weight excluding hydrogens is 304 g/mol. The molecule has 3 N–H and O–H groups in total. The van der Waals surface area contributed by atoms with Crippen LogP contribution >= 0.6 is 11.8 Å². The highest BCUT2D eigenvalue weighted by atomic mass is 32.2. The molecule has 0 spiro atoms. The second kappa shape index (κ2) is 9.19. The van der Waals surface area contributed by atoms with E-state index in [9.17, 15) is 18.0 Å². The van der Waals surface area contributed by atoms with Gasteiger partial charge in [0.15, 0.2) is 0 Å². The van der Waals surface area contributed by atoms with Crippen molar-refractivity contribution in [3.63, 3.8) is 0 Å². The van der Waals surface area contributed by atoms with Crippen LogP contribution in [0.5, 0.6) is 0 Å². The summed E-state index contributed by atoms with van der Waals surface area (Å²) in [5.41, 5.74) is 0. The molecule has 0 aromatic heterocycles. The highest BCUT2D eigenvalue weighted by Gasteiger charge is 2.24. The molecule has 7 nitrogen and oxygen atoms in total. The molecule has 20 heavy (non-hydrogen) atoms. The van der Waals surface area contributed by atoms with E-state index >= 15 is 0 Å². The third kappa shape index (κ3) is 7.71. The van der Waals surface area contributed by atoms with Crippen LogP contribution in [0.4, 0.5) is 0 Å². The van der Waals surface area contributed by atoms with E-state index in [2.05, 4.69) is 10.0 Å². The Kier molecular flexibility index (Phi) is 8.83. The number of amides is 1.